The van der Waals surface area contributed by atoms with Crippen molar-refractivity contribution in [3.05, 3.63) is 92.2 Å². The number of carbonyl (C=O) groups is 2. The van der Waals surface area contributed by atoms with Crippen molar-refractivity contribution in [1.82, 2.24) is 0 Å². The predicted molar refractivity (Wildman–Crippen MR) is 306 cm³/mol. The number of esters is 2. The summed E-state index contributed by atoms with van der Waals surface area (Å²) in [6.07, 6.45) is 3.86. The lowest BCUT2D eigenvalue weighted by Gasteiger charge is -2.39. The first-order valence-electron chi connectivity index (χ1n) is 27.4. The van der Waals surface area contributed by atoms with Crippen molar-refractivity contribution >= 4 is 68.1 Å². The van der Waals surface area contributed by atoms with Crippen LogP contribution in [0.4, 0.5) is 26.3 Å². The fourth-order valence-corrected chi connectivity index (χ4v) is 15.5. The van der Waals surface area contributed by atoms with Crippen molar-refractivity contribution in [1.29, 1.82) is 0 Å². The van der Waals surface area contributed by atoms with Crippen LogP contribution < -0.4 is 9.47 Å². The van der Waals surface area contributed by atoms with Crippen LogP contribution in [0.25, 0.3) is 52.9 Å². The van der Waals surface area contributed by atoms with Gasteiger partial charge in [-0.05, 0) is 120 Å². The van der Waals surface area contributed by atoms with Gasteiger partial charge in [0.1, 0.15) is 11.3 Å². The van der Waals surface area contributed by atoms with Crippen LogP contribution in [-0.2, 0) is 46.1 Å². The average molecular weight is 1150 g/mol. The molecule has 7 nitrogen and oxygen atoms in total. The molecule has 0 amide bonds. The molecule has 0 spiro atoms. The Balaban J connectivity index is 1.35. The summed E-state index contributed by atoms with van der Waals surface area (Å²) in [4.78, 5) is 28.7. The number of rotatable bonds is 17. The molecule has 3 aliphatic rings. The SMILES string of the molecule is CCOC(=O)CCCOc1cc2oc(-c3ccc(C(C)(C)C)cc3)c(C3=C(c4cc(-c5cc6c(s5)C(C)(C)CCC6(C)C)sc4-c4cc5c(s4)C(C)(C)CCC5(C)C)C(F)(F)C(F)(F)C3(F)F)c2cc1OCCCC(=O)OCC. The van der Waals surface area contributed by atoms with E-state index in [1.165, 1.54) is 40.9 Å². The Hall–Kier alpha value is -5.06. The first-order chi connectivity index (χ1) is 36.8. The van der Waals surface area contributed by atoms with E-state index in [0.717, 1.165) is 68.3 Å². The number of carbonyl (C=O) groups excluding carboxylic acids is 2. The zero-order valence-corrected chi connectivity index (χ0v) is 50.0. The maximum Gasteiger partial charge on any atom is 0.380 e. The molecule has 6 aromatic rings. The van der Waals surface area contributed by atoms with Crippen LogP contribution >= 0.6 is 34.0 Å². The van der Waals surface area contributed by atoms with Crippen LogP contribution in [0.3, 0.4) is 0 Å². The number of ether oxygens (including phenoxy) is 4. The van der Waals surface area contributed by atoms with Crippen LogP contribution in [0.15, 0.2) is 59.0 Å². The summed E-state index contributed by atoms with van der Waals surface area (Å²) in [5.41, 5.74) is -2.50. The standard InChI is InChI=1S/C63H72F6O7S3/c1-14-72-47(70)18-16-28-74-42-30-37-41(34-43(42)75-29-17-19-48(71)73-15-2)76-52(35-20-22-36(23-21-35)56(3,4)5)49(37)51-50(61(64,65)63(68,69)62(51,66)67)38-31-44(45-32-39-54(78-45)59(10,11)26-24-57(39,6)7)77-53(38)46-33-40-55(79-46)60(12,13)27-25-58(40,8)9/h20-23,30-34H,14-19,24-29H2,1-13H3. The summed E-state index contributed by atoms with van der Waals surface area (Å²) in [6, 6.07) is 14.9. The number of allylic oxidation sites excluding steroid dienone is 2. The smallest absolute Gasteiger partial charge is 0.380 e. The molecule has 79 heavy (non-hydrogen) atoms. The Morgan fingerprint density at radius 3 is 1.57 bits per heavy atom. The van der Waals surface area contributed by atoms with Gasteiger partial charge < -0.3 is 23.4 Å². The van der Waals surface area contributed by atoms with Crippen molar-refractivity contribution < 1.29 is 59.3 Å². The van der Waals surface area contributed by atoms with Gasteiger partial charge in [0.05, 0.1) is 31.3 Å². The molecule has 4 heterocycles. The Kier molecular flexibility index (Phi) is 15.4. The Bertz CT molecular complexity index is 3270. The molecule has 0 atom stereocenters. The number of furan rings is 1. The summed E-state index contributed by atoms with van der Waals surface area (Å²) in [5.74, 6) is -18.1. The molecule has 0 aliphatic heterocycles. The van der Waals surface area contributed by atoms with Crippen LogP contribution in [0.2, 0.25) is 0 Å². The molecule has 9 rings (SSSR count). The van der Waals surface area contributed by atoms with Crippen LogP contribution in [0.1, 0.15) is 179 Å². The van der Waals surface area contributed by atoms with Crippen molar-refractivity contribution in [3.63, 3.8) is 0 Å². The fraction of sp³-hybridized carbons (Fsp3) is 0.524. The molecule has 0 N–H and O–H groups in total. The number of halogens is 6. The van der Waals surface area contributed by atoms with Gasteiger partial charge in [-0.25, -0.2) is 0 Å². The van der Waals surface area contributed by atoms with E-state index < -0.39 is 52.0 Å². The van der Waals surface area contributed by atoms with Crippen molar-refractivity contribution in [2.45, 2.75) is 186 Å². The molecule has 0 saturated heterocycles. The van der Waals surface area contributed by atoms with Crippen LogP contribution in [0.5, 0.6) is 11.5 Å². The number of hydrogen-bond donors (Lipinski definition) is 0. The van der Waals surface area contributed by atoms with Gasteiger partial charge in [0.25, 0.3) is 0 Å². The zero-order valence-electron chi connectivity index (χ0n) is 47.5. The molecule has 2 aromatic carbocycles. The predicted octanol–water partition coefficient (Wildman–Crippen LogP) is 18.9. The Labute approximate surface area is 472 Å². The number of thiophene rings is 3. The third-order valence-corrected chi connectivity index (χ3v) is 20.7. The van der Waals surface area contributed by atoms with Gasteiger partial charge in [0.15, 0.2) is 11.5 Å². The summed E-state index contributed by atoms with van der Waals surface area (Å²) in [5, 5.41) is -0.211. The molecule has 0 fully saturated rings. The fourth-order valence-electron chi connectivity index (χ4n) is 11.2. The normalized spacial score (nSPS) is 19.3. The highest BCUT2D eigenvalue weighted by Gasteiger charge is 2.81. The second kappa shape index (κ2) is 20.7. The quantitative estimate of drug-likeness (QED) is 0.0511. The highest BCUT2D eigenvalue weighted by molar-refractivity contribution is 7.27. The van der Waals surface area contributed by atoms with Gasteiger partial charge >= 0.3 is 29.7 Å². The van der Waals surface area contributed by atoms with Gasteiger partial charge in [-0.1, -0.05) is 100 Å². The molecule has 0 saturated carbocycles. The summed E-state index contributed by atoms with van der Waals surface area (Å²) in [6.45, 7) is 26.7. The van der Waals surface area contributed by atoms with Crippen molar-refractivity contribution in [3.8, 4) is 42.3 Å². The second-order valence-corrected chi connectivity index (χ2v) is 28.2. The number of fused-ring (bicyclic) bond motifs is 3. The Morgan fingerprint density at radius 2 is 1.06 bits per heavy atom. The van der Waals surface area contributed by atoms with E-state index in [2.05, 4.69) is 61.5 Å². The van der Waals surface area contributed by atoms with Gasteiger partial charge in [0, 0.05) is 76.5 Å². The number of hydrogen-bond acceptors (Lipinski definition) is 10. The van der Waals surface area contributed by atoms with Gasteiger partial charge in [-0.3, -0.25) is 9.59 Å². The monoisotopic (exact) mass is 1150 g/mol. The number of alkyl halides is 6. The van der Waals surface area contributed by atoms with E-state index in [-0.39, 0.29) is 118 Å². The van der Waals surface area contributed by atoms with Crippen LogP contribution in [-0.4, -0.2) is 56.1 Å². The van der Waals surface area contributed by atoms with Crippen molar-refractivity contribution in [2.24, 2.45) is 0 Å². The van der Waals surface area contributed by atoms with Crippen molar-refractivity contribution in [2.75, 3.05) is 26.4 Å². The average Bonchev–Trinajstić information content (AvgIpc) is 2.62. The molecular weight excluding hydrogens is 1080 g/mol. The molecule has 0 bridgehead atoms. The lowest BCUT2D eigenvalue weighted by atomic mass is 9.67. The summed E-state index contributed by atoms with van der Waals surface area (Å²) < 4.78 is 135. The maximum atomic E-state index is 17.8. The Morgan fingerprint density at radius 1 is 0.595 bits per heavy atom. The number of benzene rings is 2. The van der Waals surface area contributed by atoms with Gasteiger partial charge in [-0.2, -0.15) is 26.3 Å². The molecule has 426 valence electrons. The molecule has 4 aromatic heterocycles. The first kappa shape index (κ1) is 58.6. The highest BCUT2D eigenvalue weighted by Crippen LogP contribution is 2.68. The van der Waals surface area contributed by atoms with E-state index in [0.29, 0.717) is 9.75 Å². The van der Waals surface area contributed by atoms with E-state index in [1.807, 2.05) is 26.8 Å². The molecule has 3 aliphatic carbocycles. The first-order valence-corrected chi connectivity index (χ1v) is 29.8. The minimum Gasteiger partial charge on any atom is -0.490 e. The zero-order chi connectivity index (χ0) is 57.6. The molecule has 0 radical (unpaired) electrons. The highest BCUT2D eigenvalue weighted by atomic mass is 32.1. The third-order valence-electron chi connectivity index (χ3n) is 16.2. The summed E-state index contributed by atoms with van der Waals surface area (Å²) in [7, 11) is 0. The van der Waals surface area contributed by atoms with Gasteiger partial charge in [0.2, 0.25) is 0 Å². The van der Waals surface area contributed by atoms with E-state index in [4.69, 9.17) is 23.4 Å². The maximum absolute atomic E-state index is 17.8. The van der Waals surface area contributed by atoms with Gasteiger partial charge in [-0.15, -0.1) is 34.0 Å². The third kappa shape index (κ3) is 10.5. The van der Waals surface area contributed by atoms with E-state index in [9.17, 15) is 9.59 Å². The molecular formula is C63H72F6O7S3. The molecule has 0 unspecified atom stereocenters. The molecule has 16 heteroatoms. The summed E-state index contributed by atoms with van der Waals surface area (Å²) >= 11 is 4.11. The topological polar surface area (TPSA) is 84.2 Å². The largest absolute Gasteiger partial charge is 0.490 e. The van der Waals surface area contributed by atoms with E-state index >= 15 is 26.3 Å². The van der Waals surface area contributed by atoms with Crippen LogP contribution in [0, 0.1) is 0 Å². The lowest BCUT2D eigenvalue weighted by molar-refractivity contribution is -0.254. The minimum atomic E-state index is -5.93. The lowest BCUT2D eigenvalue weighted by Crippen LogP contribution is -2.48. The minimum absolute atomic E-state index is 0.0144. The second-order valence-electron chi connectivity index (χ2n) is 25.0. The van der Waals surface area contributed by atoms with E-state index in [1.54, 1.807) is 38.1 Å².